The highest BCUT2D eigenvalue weighted by Crippen LogP contribution is 2.29. The number of sulfone groups is 1. The molecule has 0 fully saturated rings. The summed E-state index contributed by atoms with van der Waals surface area (Å²) in [5.74, 6) is 5.26. The standard InChI is InChI=1S/C24H27ClO5S/c1-6-7-16-10-12-20(31(5,28)29)15-17(16)8-9-18-14-19(25)11-13-21(18)30-22(23(26)27)24(2,3)4/h10-15,22H,6-7H2,1-5H3,(H,26,27). The summed E-state index contributed by atoms with van der Waals surface area (Å²) < 4.78 is 29.7. The quantitative estimate of drug-likeness (QED) is 0.612. The first-order valence-electron chi connectivity index (χ1n) is 9.87. The number of hydrogen-bond donors (Lipinski definition) is 1. The second-order valence-electron chi connectivity index (χ2n) is 8.43. The van der Waals surface area contributed by atoms with E-state index in [1.807, 2.05) is 6.92 Å². The van der Waals surface area contributed by atoms with E-state index in [1.54, 1.807) is 57.2 Å². The maximum atomic E-state index is 12.0. The van der Waals surface area contributed by atoms with Gasteiger partial charge in [-0.1, -0.05) is 63.6 Å². The number of rotatable bonds is 6. The van der Waals surface area contributed by atoms with Crippen molar-refractivity contribution >= 4 is 27.4 Å². The summed E-state index contributed by atoms with van der Waals surface area (Å²) >= 11 is 6.13. The zero-order chi connectivity index (χ0) is 23.4. The SMILES string of the molecule is CCCc1ccc(S(C)(=O)=O)cc1C#Cc1cc(Cl)ccc1OC(C(=O)O)C(C)(C)C. The molecule has 0 saturated carbocycles. The number of aryl methyl sites for hydroxylation is 1. The number of aliphatic carboxylic acids is 1. The average Bonchev–Trinajstić information content (AvgIpc) is 2.64. The molecule has 2 rings (SSSR count). The molecule has 0 spiro atoms. The van der Waals surface area contributed by atoms with Crippen LogP contribution in [0.15, 0.2) is 41.3 Å². The van der Waals surface area contributed by atoms with Gasteiger partial charge in [0.25, 0.3) is 0 Å². The third kappa shape index (κ3) is 6.75. The van der Waals surface area contributed by atoms with E-state index in [0.717, 1.165) is 24.7 Å². The van der Waals surface area contributed by atoms with Crippen molar-refractivity contribution < 1.29 is 23.1 Å². The van der Waals surface area contributed by atoms with Crippen molar-refractivity contribution in [3.63, 3.8) is 0 Å². The molecule has 166 valence electrons. The van der Waals surface area contributed by atoms with Crippen LogP contribution in [0.1, 0.15) is 50.8 Å². The molecule has 31 heavy (non-hydrogen) atoms. The van der Waals surface area contributed by atoms with Gasteiger partial charge in [-0.25, -0.2) is 13.2 Å². The van der Waals surface area contributed by atoms with E-state index in [-0.39, 0.29) is 4.90 Å². The van der Waals surface area contributed by atoms with Crippen LogP contribution in [-0.2, 0) is 21.1 Å². The highest BCUT2D eigenvalue weighted by molar-refractivity contribution is 7.90. The highest BCUT2D eigenvalue weighted by Gasteiger charge is 2.33. The van der Waals surface area contributed by atoms with Crippen LogP contribution in [0.5, 0.6) is 5.75 Å². The summed E-state index contributed by atoms with van der Waals surface area (Å²) in [5, 5.41) is 10.0. The van der Waals surface area contributed by atoms with Crippen molar-refractivity contribution in [2.45, 2.75) is 51.5 Å². The van der Waals surface area contributed by atoms with E-state index in [9.17, 15) is 18.3 Å². The summed E-state index contributed by atoms with van der Waals surface area (Å²) in [4.78, 5) is 11.9. The minimum absolute atomic E-state index is 0.192. The fourth-order valence-electron chi connectivity index (χ4n) is 2.95. The van der Waals surface area contributed by atoms with Crippen molar-refractivity contribution in [3.05, 3.63) is 58.1 Å². The van der Waals surface area contributed by atoms with E-state index < -0.39 is 27.3 Å². The Labute approximate surface area is 189 Å². The Hall–Kier alpha value is -2.49. The van der Waals surface area contributed by atoms with Crippen molar-refractivity contribution in [3.8, 4) is 17.6 Å². The number of carbonyl (C=O) groups is 1. The lowest BCUT2D eigenvalue weighted by atomic mass is 9.89. The largest absolute Gasteiger partial charge is 0.478 e. The van der Waals surface area contributed by atoms with Gasteiger partial charge in [0.2, 0.25) is 0 Å². The van der Waals surface area contributed by atoms with Crippen molar-refractivity contribution in [1.82, 2.24) is 0 Å². The Kier molecular flexibility index (Phi) is 7.80. The van der Waals surface area contributed by atoms with Gasteiger partial charge in [0, 0.05) is 22.3 Å². The fraction of sp³-hybridized carbons (Fsp3) is 0.375. The lowest BCUT2D eigenvalue weighted by molar-refractivity contribution is -0.150. The molecule has 1 atom stereocenters. The lowest BCUT2D eigenvalue weighted by Crippen LogP contribution is -2.39. The van der Waals surface area contributed by atoms with Crippen LogP contribution in [0.25, 0.3) is 0 Å². The summed E-state index contributed by atoms with van der Waals surface area (Å²) in [5.41, 5.74) is 1.32. The molecule has 0 aliphatic heterocycles. The molecule has 0 aromatic heterocycles. The number of carboxylic acids is 1. The minimum atomic E-state index is -3.38. The molecule has 0 saturated heterocycles. The second-order valence-corrected chi connectivity index (χ2v) is 10.9. The molecular formula is C24H27ClO5S. The zero-order valence-electron chi connectivity index (χ0n) is 18.3. The van der Waals surface area contributed by atoms with Crippen molar-refractivity contribution in [1.29, 1.82) is 0 Å². The number of ether oxygens (including phenoxy) is 1. The Morgan fingerprint density at radius 1 is 1.13 bits per heavy atom. The smallest absolute Gasteiger partial charge is 0.345 e. The van der Waals surface area contributed by atoms with Crippen molar-refractivity contribution in [2.24, 2.45) is 5.41 Å². The Morgan fingerprint density at radius 2 is 1.77 bits per heavy atom. The van der Waals surface area contributed by atoms with E-state index in [1.165, 1.54) is 0 Å². The topological polar surface area (TPSA) is 80.7 Å². The Balaban J connectivity index is 2.56. The first kappa shape index (κ1) is 24.8. The second kappa shape index (κ2) is 9.76. The normalized spacial score (nSPS) is 12.6. The Bertz CT molecular complexity index is 1130. The molecule has 5 nitrogen and oxygen atoms in total. The predicted octanol–water partition coefficient (Wildman–Crippen LogP) is 4.97. The molecule has 1 unspecified atom stereocenters. The molecular weight excluding hydrogens is 436 g/mol. The highest BCUT2D eigenvalue weighted by atomic mass is 35.5. The number of hydrogen-bond acceptors (Lipinski definition) is 4. The molecule has 0 bridgehead atoms. The molecule has 1 N–H and O–H groups in total. The Morgan fingerprint density at radius 3 is 2.32 bits per heavy atom. The van der Waals surface area contributed by atoms with Gasteiger partial charge >= 0.3 is 5.97 Å². The van der Waals surface area contributed by atoms with Gasteiger partial charge in [-0.2, -0.15) is 0 Å². The maximum Gasteiger partial charge on any atom is 0.345 e. The maximum absolute atomic E-state index is 12.0. The third-order valence-electron chi connectivity index (χ3n) is 4.56. The summed E-state index contributed by atoms with van der Waals surface area (Å²) in [6.45, 7) is 7.37. The molecule has 0 radical (unpaired) electrons. The fourth-order valence-corrected chi connectivity index (χ4v) is 3.77. The van der Waals surface area contributed by atoms with Crippen LogP contribution < -0.4 is 4.74 Å². The zero-order valence-corrected chi connectivity index (χ0v) is 19.9. The van der Waals surface area contributed by atoms with Crippen LogP contribution in [0.4, 0.5) is 0 Å². The first-order chi connectivity index (χ1) is 14.3. The van der Waals surface area contributed by atoms with Crippen LogP contribution >= 0.6 is 11.6 Å². The van der Waals surface area contributed by atoms with Crippen LogP contribution in [0, 0.1) is 17.3 Å². The summed E-state index contributed by atoms with van der Waals surface area (Å²) in [7, 11) is -3.38. The molecule has 0 aliphatic carbocycles. The van der Waals surface area contributed by atoms with Gasteiger partial charge in [-0.3, -0.25) is 0 Å². The van der Waals surface area contributed by atoms with Crippen molar-refractivity contribution in [2.75, 3.05) is 6.26 Å². The van der Waals surface area contributed by atoms with E-state index in [0.29, 0.717) is 21.9 Å². The predicted molar refractivity (Wildman–Crippen MR) is 122 cm³/mol. The molecule has 0 aliphatic rings. The minimum Gasteiger partial charge on any atom is -0.478 e. The van der Waals surface area contributed by atoms with Crippen LogP contribution in [0.3, 0.4) is 0 Å². The van der Waals surface area contributed by atoms with Gasteiger partial charge in [-0.05, 0) is 42.3 Å². The lowest BCUT2D eigenvalue weighted by Gasteiger charge is -2.28. The summed E-state index contributed by atoms with van der Waals surface area (Å²) in [6, 6.07) is 9.73. The number of carboxylic acid groups (broad SMARTS) is 1. The van der Waals surface area contributed by atoms with E-state index in [4.69, 9.17) is 16.3 Å². The molecule has 0 amide bonds. The van der Waals surface area contributed by atoms with E-state index >= 15 is 0 Å². The first-order valence-corrected chi connectivity index (χ1v) is 12.1. The third-order valence-corrected chi connectivity index (χ3v) is 5.90. The average molecular weight is 463 g/mol. The van der Waals surface area contributed by atoms with Gasteiger partial charge in [0.05, 0.1) is 10.5 Å². The molecule has 2 aromatic carbocycles. The summed E-state index contributed by atoms with van der Waals surface area (Å²) in [6.07, 6.45) is 1.70. The van der Waals surface area contributed by atoms with Gasteiger partial charge < -0.3 is 9.84 Å². The van der Waals surface area contributed by atoms with E-state index in [2.05, 4.69) is 11.8 Å². The van der Waals surface area contributed by atoms with Crippen LogP contribution in [-0.4, -0.2) is 31.9 Å². The number of halogens is 1. The van der Waals surface area contributed by atoms with Crippen LogP contribution in [0.2, 0.25) is 5.02 Å². The molecule has 2 aromatic rings. The van der Waals surface area contributed by atoms with Gasteiger partial charge in [-0.15, -0.1) is 0 Å². The van der Waals surface area contributed by atoms with Gasteiger partial charge in [0.1, 0.15) is 5.75 Å². The molecule has 7 heteroatoms. The molecule has 0 heterocycles. The monoisotopic (exact) mass is 462 g/mol. The van der Waals surface area contributed by atoms with Gasteiger partial charge in [0.15, 0.2) is 15.9 Å². The number of benzene rings is 2.